The minimum atomic E-state index is -0.451. The Kier molecular flexibility index (Phi) is 3.87. The maximum absolute atomic E-state index is 13.2. The van der Waals surface area contributed by atoms with Gasteiger partial charge in [0.2, 0.25) is 0 Å². The van der Waals surface area contributed by atoms with Gasteiger partial charge >= 0.3 is 11.6 Å². The van der Waals surface area contributed by atoms with Crippen LogP contribution in [0.25, 0.3) is 11.0 Å². The SMILES string of the molecule is CCOC(=O)CN1C2CC3(C)c4c(c5ccccc5oc4=O)OC1C3c1ccccc12. The maximum Gasteiger partial charge on any atom is 0.343 e. The van der Waals surface area contributed by atoms with Crippen molar-refractivity contribution >= 4 is 16.9 Å². The van der Waals surface area contributed by atoms with Crippen LogP contribution in [0.3, 0.4) is 0 Å². The molecule has 158 valence electrons. The summed E-state index contributed by atoms with van der Waals surface area (Å²) in [5.41, 5.74) is 2.72. The molecule has 4 unspecified atom stereocenters. The Morgan fingerprint density at radius 3 is 2.71 bits per heavy atom. The number of benzene rings is 2. The molecule has 6 nitrogen and oxygen atoms in total. The number of fused-ring (bicyclic) bond motifs is 3. The summed E-state index contributed by atoms with van der Waals surface area (Å²) in [5.74, 6) is 0.239. The van der Waals surface area contributed by atoms with Gasteiger partial charge in [0.1, 0.15) is 17.9 Å². The van der Waals surface area contributed by atoms with Crippen LogP contribution in [-0.2, 0) is 14.9 Å². The van der Waals surface area contributed by atoms with E-state index in [0.717, 1.165) is 5.39 Å². The zero-order valence-corrected chi connectivity index (χ0v) is 17.5. The highest BCUT2D eigenvalue weighted by Crippen LogP contribution is 2.63. The molecule has 1 fully saturated rings. The van der Waals surface area contributed by atoms with Gasteiger partial charge in [0.25, 0.3) is 0 Å². The first-order chi connectivity index (χ1) is 15.0. The van der Waals surface area contributed by atoms with Crippen molar-refractivity contribution in [2.75, 3.05) is 13.2 Å². The topological polar surface area (TPSA) is 69.0 Å². The van der Waals surface area contributed by atoms with Crippen LogP contribution in [0.2, 0.25) is 0 Å². The van der Waals surface area contributed by atoms with Crippen LogP contribution < -0.4 is 10.4 Å². The predicted octanol–water partition coefficient (Wildman–Crippen LogP) is 3.88. The summed E-state index contributed by atoms with van der Waals surface area (Å²) in [6.45, 7) is 4.45. The van der Waals surface area contributed by atoms with Gasteiger partial charge in [-0.3, -0.25) is 4.79 Å². The zero-order chi connectivity index (χ0) is 21.3. The molecule has 3 aromatic rings. The Bertz CT molecular complexity index is 1280. The number of ether oxygens (including phenoxy) is 2. The second kappa shape index (κ2) is 6.44. The van der Waals surface area contributed by atoms with Crippen LogP contribution >= 0.6 is 0 Å². The van der Waals surface area contributed by atoms with Gasteiger partial charge in [0.15, 0.2) is 6.23 Å². The lowest BCUT2D eigenvalue weighted by Gasteiger charge is -2.61. The van der Waals surface area contributed by atoms with Gasteiger partial charge in [-0.2, -0.15) is 0 Å². The number of para-hydroxylation sites is 1. The summed E-state index contributed by atoms with van der Waals surface area (Å²) in [6, 6.07) is 15.7. The van der Waals surface area contributed by atoms with E-state index in [-0.39, 0.29) is 36.3 Å². The van der Waals surface area contributed by atoms with Gasteiger partial charge in [-0.15, -0.1) is 0 Å². The largest absolute Gasteiger partial charge is 0.473 e. The Morgan fingerprint density at radius 2 is 1.90 bits per heavy atom. The predicted molar refractivity (Wildman–Crippen MR) is 114 cm³/mol. The quantitative estimate of drug-likeness (QED) is 0.476. The highest BCUT2D eigenvalue weighted by molar-refractivity contribution is 5.85. The first-order valence-corrected chi connectivity index (χ1v) is 10.8. The molecule has 31 heavy (non-hydrogen) atoms. The van der Waals surface area contributed by atoms with Crippen LogP contribution in [0.4, 0.5) is 0 Å². The fraction of sp³-hybridized carbons (Fsp3) is 0.360. The van der Waals surface area contributed by atoms with Crippen LogP contribution in [0.15, 0.2) is 57.7 Å². The molecule has 2 aromatic carbocycles. The molecule has 7 rings (SSSR count). The normalized spacial score (nSPS) is 28.0. The molecule has 0 amide bonds. The monoisotopic (exact) mass is 417 g/mol. The van der Waals surface area contributed by atoms with E-state index in [0.29, 0.717) is 29.9 Å². The van der Waals surface area contributed by atoms with E-state index in [4.69, 9.17) is 13.9 Å². The summed E-state index contributed by atoms with van der Waals surface area (Å²) in [7, 11) is 0. The summed E-state index contributed by atoms with van der Waals surface area (Å²) >= 11 is 0. The third kappa shape index (κ3) is 2.42. The summed E-state index contributed by atoms with van der Waals surface area (Å²) in [4.78, 5) is 27.8. The molecule has 4 bridgehead atoms. The third-order valence-electron chi connectivity index (χ3n) is 7.20. The van der Waals surface area contributed by atoms with E-state index >= 15 is 0 Å². The van der Waals surface area contributed by atoms with E-state index in [9.17, 15) is 9.59 Å². The van der Waals surface area contributed by atoms with Crippen molar-refractivity contribution < 1.29 is 18.7 Å². The second-order valence-electron chi connectivity index (χ2n) is 8.82. The van der Waals surface area contributed by atoms with E-state index in [1.807, 2.05) is 37.3 Å². The first-order valence-electron chi connectivity index (χ1n) is 10.8. The molecule has 0 saturated carbocycles. The average molecular weight is 417 g/mol. The zero-order valence-electron chi connectivity index (χ0n) is 17.5. The Morgan fingerprint density at radius 1 is 1.16 bits per heavy atom. The Balaban J connectivity index is 1.59. The van der Waals surface area contributed by atoms with Crippen molar-refractivity contribution in [2.45, 2.75) is 43.9 Å². The second-order valence-corrected chi connectivity index (χ2v) is 8.82. The van der Waals surface area contributed by atoms with Crippen molar-refractivity contribution in [2.24, 2.45) is 0 Å². The standard InChI is InChI=1S/C25H23NO5/c1-3-29-19(27)13-26-17-12-25(2)20(15-9-5-4-8-14(15)17)23(26)31-22-16-10-6-7-11-18(16)30-24(28)21(22)25/h4-11,17,20,23H,3,12-13H2,1-2H3. The third-order valence-corrected chi connectivity index (χ3v) is 7.20. The molecule has 1 aliphatic carbocycles. The van der Waals surface area contributed by atoms with Gasteiger partial charge in [-0.25, -0.2) is 9.69 Å². The van der Waals surface area contributed by atoms with Crippen molar-refractivity contribution in [1.82, 2.24) is 4.90 Å². The van der Waals surface area contributed by atoms with Gasteiger partial charge in [0.05, 0.1) is 17.6 Å². The highest BCUT2D eigenvalue weighted by atomic mass is 16.5. The Hall–Kier alpha value is -3.12. The number of esters is 1. The number of piperidine rings is 1. The fourth-order valence-corrected chi connectivity index (χ4v) is 6.02. The molecule has 1 saturated heterocycles. The number of carbonyl (C=O) groups is 1. The molecule has 4 aliphatic rings. The number of rotatable bonds is 3. The molecular formula is C25H23NO5. The van der Waals surface area contributed by atoms with Crippen molar-refractivity contribution in [1.29, 1.82) is 0 Å². The van der Waals surface area contributed by atoms with Gasteiger partial charge in [-0.05, 0) is 36.6 Å². The molecule has 4 atom stereocenters. The lowest BCUT2D eigenvalue weighted by molar-refractivity contribution is -0.158. The molecule has 4 heterocycles. The molecule has 0 radical (unpaired) electrons. The number of nitrogens with zero attached hydrogens (tertiary/aromatic N) is 1. The summed E-state index contributed by atoms with van der Waals surface area (Å²) in [5, 5.41) is 0.787. The molecule has 0 N–H and O–H groups in total. The Labute approximate surface area is 179 Å². The van der Waals surface area contributed by atoms with Gasteiger partial charge in [0, 0.05) is 17.4 Å². The molecule has 3 aliphatic heterocycles. The van der Waals surface area contributed by atoms with E-state index in [2.05, 4.69) is 24.0 Å². The summed E-state index contributed by atoms with van der Waals surface area (Å²) < 4.78 is 17.6. The van der Waals surface area contributed by atoms with Crippen molar-refractivity contribution in [3.63, 3.8) is 0 Å². The number of hydrogen-bond donors (Lipinski definition) is 0. The fourth-order valence-electron chi connectivity index (χ4n) is 6.02. The van der Waals surface area contributed by atoms with Crippen molar-refractivity contribution in [3.8, 4) is 5.75 Å². The van der Waals surface area contributed by atoms with E-state index in [1.165, 1.54) is 11.1 Å². The van der Waals surface area contributed by atoms with Crippen LogP contribution in [0, 0.1) is 0 Å². The highest BCUT2D eigenvalue weighted by Gasteiger charge is 2.62. The molecular weight excluding hydrogens is 394 g/mol. The smallest absolute Gasteiger partial charge is 0.343 e. The first kappa shape index (κ1) is 18.6. The van der Waals surface area contributed by atoms with Crippen LogP contribution in [0.1, 0.15) is 48.9 Å². The summed E-state index contributed by atoms with van der Waals surface area (Å²) in [6.07, 6.45) is 0.352. The lowest BCUT2D eigenvalue weighted by atomic mass is 9.55. The minimum Gasteiger partial charge on any atom is -0.473 e. The van der Waals surface area contributed by atoms with E-state index < -0.39 is 5.41 Å². The number of hydrogen-bond acceptors (Lipinski definition) is 6. The lowest BCUT2D eigenvalue weighted by Crippen LogP contribution is -2.64. The number of carbonyl (C=O) groups excluding carboxylic acids is 1. The average Bonchev–Trinajstić information content (AvgIpc) is 2.75. The van der Waals surface area contributed by atoms with Crippen LogP contribution in [-0.4, -0.2) is 30.2 Å². The van der Waals surface area contributed by atoms with Crippen LogP contribution in [0.5, 0.6) is 5.75 Å². The molecule has 6 heteroatoms. The maximum atomic E-state index is 13.2. The molecule has 1 aromatic heterocycles. The van der Waals surface area contributed by atoms with Gasteiger partial charge in [-0.1, -0.05) is 43.3 Å². The van der Waals surface area contributed by atoms with Gasteiger partial charge < -0.3 is 13.9 Å². The van der Waals surface area contributed by atoms with E-state index in [1.54, 1.807) is 6.07 Å². The minimum absolute atomic E-state index is 0.0420. The van der Waals surface area contributed by atoms with Crippen molar-refractivity contribution in [3.05, 3.63) is 75.6 Å². The molecule has 0 spiro atoms.